The molecular formula is C38H36N4O3. The summed E-state index contributed by atoms with van der Waals surface area (Å²) in [6.07, 6.45) is 1.31. The summed E-state index contributed by atoms with van der Waals surface area (Å²) in [7, 11) is 0. The molecule has 5 aromatic rings. The van der Waals surface area contributed by atoms with Gasteiger partial charge in [0.15, 0.2) is 0 Å². The van der Waals surface area contributed by atoms with E-state index < -0.39 is 5.97 Å². The lowest BCUT2D eigenvalue weighted by atomic mass is 9.86. The van der Waals surface area contributed by atoms with E-state index in [2.05, 4.69) is 105 Å². The number of aromatic nitrogens is 2. The topological polar surface area (TPSA) is 103 Å². The van der Waals surface area contributed by atoms with Crippen LogP contribution in [0.4, 0.5) is 17.1 Å². The normalized spacial score (nSPS) is 12.1. The smallest absolute Gasteiger partial charge is 0.346 e. The van der Waals surface area contributed by atoms with Gasteiger partial charge >= 0.3 is 5.97 Å². The summed E-state index contributed by atoms with van der Waals surface area (Å²) >= 11 is 0. The number of rotatable bonds is 7. The highest BCUT2D eigenvalue weighted by atomic mass is 16.4. The van der Waals surface area contributed by atoms with E-state index in [1.165, 1.54) is 17.2 Å². The van der Waals surface area contributed by atoms with Crippen LogP contribution in [0.15, 0.2) is 107 Å². The molecule has 45 heavy (non-hydrogen) atoms. The molecule has 0 aliphatic rings. The van der Waals surface area contributed by atoms with Crippen molar-refractivity contribution in [3.63, 3.8) is 0 Å². The first-order valence-corrected chi connectivity index (χ1v) is 14.7. The van der Waals surface area contributed by atoms with Crippen molar-refractivity contribution in [2.75, 3.05) is 4.90 Å². The first-order chi connectivity index (χ1) is 21.3. The van der Waals surface area contributed by atoms with Crippen molar-refractivity contribution >= 4 is 29.1 Å². The van der Waals surface area contributed by atoms with Crippen LogP contribution in [0.5, 0.6) is 0 Å². The summed E-state index contributed by atoms with van der Waals surface area (Å²) in [5.41, 5.74) is 7.48. The van der Waals surface area contributed by atoms with Gasteiger partial charge in [0.05, 0.1) is 0 Å². The van der Waals surface area contributed by atoms with Crippen LogP contribution in [-0.4, -0.2) is 21.3 Å². The molecule has 0 saturated heterocycles. The van der Waals surface area contributed by atoms with E-state index in [1.54, 1.807) is 30.3 Å². The van der Waals surface area contributed by atoms with Crippen LogP contribution in [0.1, 0.15) is 58.2 Å². The molecule has 0 bridgehead atoms. The Bertz CT molecular complexity index is 1810. The summed E-state index contributed by atoms with van der Waals surface area (Å²) < 4.78 is 6.00. The molecule has 1 N–H and O–H groups in total. The van der Waals surface area contributed by atoms with Crippen LogP contribution in [0, 0.1) is 11.3 Å². The zero-order valence-electron chi connectivity index (χ0n) is 26.4. The Balaban J connectivity index is 1.43. The predicted molar refractivity (Wildman–Crippen MR) is 178 cm³/mol. The summed E-state index contributed by atoms with van der Waals surface area (Å²) in [6.45, 7) is 13.3. The van der Waals surface area contributed by atoms with Gasteiger partial charge in [-0.3, -0.25) is 0 Å². The minimum atomic E-state index is -1.27. The van der Waals surface area contributed by atoms with Crippen molar-refractivity contribution in [3.05, 3.63) is 119 Å². The Hall–Kier alpha value is -5.48. The van der Waals surface area contributed by atoms with Gasteiger partial charge < -0.3 is 14.4 Å². The SMILES string of the molecule is CC(C)(C)c1ccc(N(c2ccc(-c3nnc(-c4ccc(/C=C(/C#N)C(=O)O)cc4)o3)cc2)c2ccc(C(C)(C)C)cc2)cc1. The van der Waals surface area contributed by atoms with Crippen LogP contribution < -0.4 is 4.90 Å². The molecule has 1 aromatic heterocycles. The third-order valence-electron chi connectivity index (χ3n) is 7.60. The van der Waals surface area contributed by atoms with Gasteiger partial charge in [0, 0.05) is 28.2 Å². The first-order valence-electron chi connectivity index (χ1n) is 14.7. The van der Waals surface area contributed by atoms with Crippen molar-refractivity contribution in [1.29, 1.82) is 5.26 Å². The number of carboxylic acid groups (broad SMARTS) is 1. The van der Waals surface area contributed by atoms with Crippen LogP contribution in [0.25, 0.3) is 29.0 Å². The number of carbonyl (C=O) groups is 1. The lowest BCUT2D eigenvalue weighted by molar-refractivity contribution is -0.132. The molecule has 5 rings (SSSR count). The van der Waals surface area contributed by atoms with Gasteiger partial charge in [-0.05, 0) is 94.3 Å². The van der Waals surface area contributed by atoms with E-state index in [9.17, 15) is 4.79 Å². The highest BCUT2D eigenvalue weighted by Crippen LogP contribution is 2.38. The zero-order valence-corrected chi connectivity index (χ0v) is 26.4. The standard InChI is InChI=1S/C38H36N4O3/c1-37(2,3)29-13-19-32(20-14-29)42(33-21-15-30(16-22-33)38(4,5)6)31-17-11-27(12-18-31)35-41-40-34(45-35)26-9-7-25(8-10-26)23-28(24-39)36(43)44/h7-23H,1-6H3,(H,43,44)/b28-23-. The molecule has 0 radical (unpaired) electrons. The molecule has 0 fully saturated rings. The van der Waals surface area contributed by atoms with Crippen LogP contribution >= 0.6 is 0 Å². The quantitative estimate of drug-likeness (QED) is 0.147. The van der Waals surface area contributed by atoms with Gasteiger partial charge in [-0.1, -0.05) is 77.9 Å². The molecular weight excluding hydrogens is 560 g/mol. The van der Waals surface area contributed by atoms with E-state index in [4.69, 9.17) is 14.8 Å². The molecule has 0 aliphatic carbocycles. The molecule has 226 valence electrons. The van der Waals surface area contributed by atoms with Gasteiger partial charge in [0.2, 0.25) is 11.8 Å². The van der Waals surface area contributed by atoms with Gasteiger partial charge in [-0.2, -0.15) is 5.26 Å². The monoisotopic (exact) mass is 596 g/mol. The van der Waals surface area contributed by atoms with Crippen LogP contribution in [-0.2, 0) is 15.6 Å². The largest absolute Gasteiger partial charge is 0.477 e. The molecule has 1 heterocycles. The Morgan fingerprint density at radius 2 is 1.07 bits per heavy atom. The summed E-state index contributed by atoms with van der Waals surface area (Å²) in [4.78, 5) is 13.4. The van der Waals surface area contributed by atoms with E-state index in [1.807, 2.05) is 24.3 Å². The number of carboxylic acids is 1. The Morgan fingerprint density at radius 1 is 0.689 bits per heavy atom. The average Bonchev–Trinajstić information content (AvgIpc) is 3.51. The maximum Gasteiger partial charge on any atom is 0.346 e. The molecule has 7 nitrogen and oxygen atoms in total. The maximum absolute atomic E-state index is 11.1. The molecule has 0 spiro atoms. The zero-order chi connectivity index (χ0) is 32.4. The van der Waals surface area contributed by atoms with Crippen molar-refractivity contribution < 1.29 is 14.3 Å². The lowest BCUT2D eigenvalue weighted by Crippen LogP contribution is -2.14. The van der Waals surface area contributed by atoms with E-state index >= 15 is 0 Å². The van der Waals surface area contributed by atoms with Crippen LogP contribution in [0.3, 0.4) is 0 Å². The third kappa shape index (κ3) is 7.02. The average molecular weight is 597 g/mol. The fraction of sp³-hybridized carbons (Fsp3) is 0.211. The third-order valence-corrected chi connectivity index (χ3v) is 7.60. The number of anilines is 3. The highest BCUT2D eigenvalue weighted by molar-refractivity contribution is 5.96. The second-order valence-electron chi connectivity index (χ2n) is 13.0. The first kappa shape index (κ1) is 31.0. The molecule has 0 atom stereocenters. The van der Waals surface area contributed by atoms with Crippen molar-refractivity contribution in [2.24, 2.45) is 0 Å². The molecule has 4 aromatic carbocycles. The molecule has 7 heteroatoms. The number of aliphatic carboxylic acids is 1. The van der Waals surface area contributed by atoms with Gasteiger partial charge in [0.25, 0.3) is 0 Å². The van der Waals surface area contributed by atoms with Gasteiger partial charge in [-0.15, -0.1) is 10.2 Å². The number of hydrogen-bond acceptors (Lipinski definition) is 6. The van der Waals surface area contributed by atoms with Crippen LogP contribution in [0.2, 0.25) is 0 Å². The van der Waals surface area contributed by atoms with Gasteiger partial charge in [0.1, 0.15) is 11.6 Å². The Kier molecular flexibility index (Phi) is 8.43. The van der Waals surface area contributed by atoms with E-state index in [0.29, 0.717) is 22.9 Å². The summed E-state index contributed by atoms with van der Waals surface area (Å²) in [5.74, 6) is -0.550. The maximum atomic E-state index is 11.1. The van der Waals surface area contributed by atoms with Gasteiger partial charge in [-0.25, -0.2) is 4.79 Å². The second kappa shape index (κ2) is 12.3. The predicted octanol–water partition coefficient (Wildman–Crippen LogP) is 9.46. The lowest BCUT2D eigenvalue weighted by Gasteiger charge is -2.28. The number of nitriles is 1. The fourth-order valence-corrected chi connectivity index (χ4v) is 4.91. The van der Waals surface area contributed by atoms with E-state index in [-0.39, 0.29) is 16.4 Å². The van der Waals surface area contributed by atoms with E-state index in [0.717, 1.165) is 22.6 Å². The summed E-state index contributed by atoms with van der Waals surface area (Å²) in [6, 6.07) is 34.0. The van der Waals surface area contributed by atoms with Crippen molar-refractivity contribution in [1.82, 2.24) is 10.2 Å². The molecule has 0 unspecified atom stereocenters. The van der Waals surface area contributed by atoms with Crippen molar-refractivity contribution in [3.8, 4) is 29.0 Å². The number of hydrogen-bond donors (Lipinski definition) is 1. The Labute approximate surface area is 264 Å². The second-order valence-corrected chi connectivity index (χ2v) is 13.0. The molecule has 0 amide bonds. The number of benzene rings is 4. The molecule has 0 aliphatic heterocycles. The number of nitrogens with zero attached hydrogens (tertiary/aromatic N) is 4. The highest BCUT2D eigenvalue weighted by Gasteiger charge is 2.19. The minimum Gasteiger partial charge on any atom is -0.477 e. The minimum absolute atomic E-state index is 0.0582. The Morgan fingerprint density at radius 3 is 1.42 bits per heavy atom. The summed E-state index contributed by atoms with van der Waals surface area (Å²) in [5, 5.41) is 26.6. The molecule has 0 saturated carbocycles. The fourth-order valence-electron chi connectivity index (χ4n) is 4.91. The van der Waals surface area contributed by atoms with Crippen molar-refractivity contribution in [2.45, 2.75) is 52.4 Å².